The molecular formula is C34H50N4O10Si. The molecule has 0 radical (unpaired) electrons. The lowest BCUT2D eigenvalue weighted by atomic mass is 9.83. The van der Waals surface area contributed by atoms with Crippen LogP contribution in [0.5, 0.6) is 0 Å². The zero-order valence-electron chi connectivity index (χ0n) is 29.9. The number of H-pyrrole nitrogens is 2. The van der Waals surface area contributed by atoms with E-state index < -0.39 is 61.1 Å². The van der Waals surface area contributed by atoms with Gasteiger partial charge in [-0.15, -0.1) is 0 Å². The second kappa shape index (κ2) is 10.9. The van der Waals surface area contributed by atoms with E-state index in [9.17, 15) is 24.3 Å². The van der Waals surface area contributed by atoms with Crippen molar-refractivity contribution in [2.75, 3.05) is 13.2 Å². The number of ether oxygens (including phenoxy) is 4. The van der Waals surface area contributed by atoms with E-state index in [1.54, 1.807) is 20.0 Å². The number of aromatic nitrogens is 4. The Hall–Kier alpha value is -2.66. The van der Waals surface area contributed by atoms with Crippen LogP contribution in [0, 0.1) is 24.7 Å². The molecule has 2 unspecified atom stereocenters. The highest BCUT2D eigenvalue weighted by Gasteiger charge is 2.74. The molecule has 0 amide bonds. The van der Waals surface area contributed by atoms with Crippen LogP contribution in [-0.4, -0.2) is 81.4 Å². The van der Waals surface area contributed by atoms with Crippen molar-refractivity contribution < 1.29 is 28.5 Å². The van der Waals surface area contributed by atoms with Crippen molar-refractivity contribution in [3.8, 4) is 0 Å². The molecule has 2 aliphatic carbocycles. The highest BCUT2D eigenvalue weighted by atomic mass is 28.4. The van der Waals surface area contributed by atoms with Crippen LogP contribution in [0.2, 0.25) is 18.1 Å². The van der Waals surface area contributed by atoms with Crippen LogP contribution in [0.3, 0.4) is 0 Å². The number of rotatable bonds is 6. The quantitative estimate of drug-likeness (QED) is 0.379. The van der Waals surface area contributed by atoms with Gasteiger partial charge in [-0.1, -0.05) is 34.6 Å². The maximum absolute atomic E-state index is 12.5. The van der Waals surface area contributed by atoms with Gasteiger partial charge in [-0.3, -0.25) is 28.7 Å². The van der Waals surface area contributed by atoms with E-state index >= 15 is 0 Å². The molecule has 6 heterocycles. The van der Waals surface area contributed by atoms with E-state index in [4.69, 9.17) is 23.4 Å². The molecule has 0 spiro atoms. The minimum atomic E-state index is -2.08. The average molecular weight is 703 g/mol. The lowest BCUT2D eigenvalue weighted by Crippen LogP contribution is -2.54. The second-order valence-electron chi connectivity index (χ2n) is 17.2. The van der Waals surface area contributed by atoms with E-state index in [0.29, 0.717) is 24.3 Å². The van der Waals surface area contributed by atoms with Crippen molar-refractivity contribution in [1.82, 2.24) is 19.1 Å². The van der Waals surface area contributed by atoms with Crippen molar-refractivity contribution in [1.29, 1.82) is 0 Å². The van der Waals surface area contributed by atoms with Crippen molar-refractivity contribution >= 4 is 8.32 Å². The normalized spacial score (nSPS) is 36.4. The fraction of sp³-hybridized carbons (Fsp3) is 0.765. The van der Waals surface area contributed by atoms with Crippen molar-refractivity contribution in [3.05, 3.63) is 65.2 Å². The van der Waals surface area contributed by atoms with Crippen LogP contribution in [0.4, 0.5) is 0 Å². The van der Waals surface area contributed by atoms with Gasteiger partial charge in [0.25, 0.3) is 11.1 Å². The molecule has 6 fully saturated rings. The van der Waals surface area contributed by atoms with Gasteiger partial charge >= 0.3 is 11.4 Å². The SMILES string of the molecule is Cc1cn([C@@H]2O[C@@]3(C4(C)CC4)COC2[C@H]3O)c(=O)[nH]c1=O.Cc1cn([C@@H]2O[C@@]3(C4(C)CC4)COC2[C@H]3O[Si](C)(C)C(C)(C)C)c(=O)[nH]c1=O. The Morgan fingerprint density at radius 2 is 1.22 bits per heavy atom. The molecule has 6 aliphatic rings. The molecule has 0 aromatic carbocycles. The highest BCUT2D eigenvalue weighted by Crippen LogP contribution is 2.66. The highest BCUT2D eigenvalue weighted by molar-refractivity contribution is 6.74. The van der Waals surface area contributed by atoms with Gasteiger partial charge in [0.15, 0.2) is 20.8 Å². The van der Waals surface area contributed by atoms with Crippen LogP contribution in [0.1, 0.15) is 83.9 Å². The molecule has 2 saturated carbocycles. The summed E-state index contributed by atoms with van der Waals surface area (Å²) >= 11 is 0. The first kappa shape index (κ1) is 34.8. The molecule has 4 saturated heterocycles. The molecule has 4 bridgehead atoms. The standard InChI is InChI=1S/C20H32N2O5Si.C14H18N2O5/c1-12-10-22(17(24)21-15(12)23)16-13-14(27-28(6,7)18(2,3)4)20(26-16,11-25-13)19(5)8-9-19;1-7-5-16(12(19)15-10(7)18)11-8-9(17)14(21-11,6-20-8)13(2)3-4-13/h10,13-14,16H,8-9,11H2,1-7H3,(H,21,23,24);5,8-9,11,17H,3-4,6H2,1-2H3,(H,15,18,19)/t13?,14-,16-,20+;8?,9-,11-,14+/m11/s1. The third kappa shape index (κ3) is 5.09. The van der Waals surface area contributed by atoms with Gasteiger partial charge in [0, 0.05) is 34.4 Å². The summed E-state index contributed by atoms with van der Waals surface area (Å²) in [5, 5.41) is 10.6. The van der Waals surface area contributed by atoms with Gasteiger partial charge in [0.1, 0.15) is 35.6 Å². The summed E-state index contributed by atoms with van der Waals surface area (Å²) in [5.74, 6) is 0. The zero-order chi connectivity index (χ0) is 35.7. The molecule has 49 heavy (non-hydrogen) atoms. The number of aliphatic hydroxyl groups excluding tert-OH is 1. The number of fused-ring (bicyclic) bond motifs is 4. The Balaban J connectivity index is 0.000000160. The Morgan fingerprint density at radius 3 is 1.71 bits per heavy atom. The maximum Gasteiger partial charge on any atom is 0.330 e. The summed E-state index contributed by atoms with van der Waals surface area (Å²) in [5.41, 5.74) is -2.32. The number of nitrogens with one attached hydrogen (secondary N) is 2. The monoisotopic (exact) mass is 702 g/mol. The lowest BCUT2D eigenvalue weighted by Gasteiger charge is -2.43. The molecule has 2 aromatic heterocycles. The fourth-order valence-corrected chi connectivity index (χ4v) is 9.06. The Kier molecular flexibility index (Phi) is 7.75. The molecule has 15 heteroatoms. The Bertz CT molecular complexity index is 1900. The van der Waals surface area contributed by atoms with Gasteiger partial charge in [-0.05, 0) is 57.7 Å². The van der Waals surface area contributed by atoms with Gasteiger partial charge in [-0.2, -0.15) is 0 Å². The molecule has 8 rings (SSSR count). The minimum absolute atomic E-state index is 0.00955. The summed E-state index contributed by atoms with van der Waals surface area (Å²) in [6.07, 6.45) is 3.91. The van der Waals surface area contributed by atoms with Crippen LogP contribution in [0.25, 0.3) is 0 Å². The van der Waals surface area contributed by atoms with E-state index in [1.807, 2.05) is 0 Å². The summed E-state index contributed by atoms with van der Waals surface area (Å²) in [4.78, 5) is 52.5. The molecule has 14 nitrogen and oxygen atoms in total. The fourth-order valence-electron chi connectivity index (χ4n) is 7.75. The lowest BCUT2D eigenvalue weighted by molar-refractivity contribution is -0.199. The Labute approximate surface area is 285 Å². The largest absolute Gasteiger partial charge is 0.408 e. The molecule has 3 N–H and O–H groups in total. The van der Waals surface area contributed by atoms with E-state index in [2.05, 4.69) is 57.7 Å². The summed E-state index contributed by atoms with van der Waals surface area (Å²) in [7, 11) is -2.08. The van der Waals surface area contributed by atoms with Crippen LogP contribution in [-0.2, 0) is 23.4 Å². The van der Waals surface area contributed by atoms with Crippen molar-refractivity contribution in [2.24, 2.45) is 10.8 Å². The first-order valence-corrected chi connectivity index (χ1v) is 20.2. The van der Waals surface area contributed by atoms with Gasteiger partial charge in [-0.25, -0.2) is 9.59 Å². The number of aliphatic hydroxyl groups is 1. The number of nitrogens with zero attached hydrogens (tertiary/aromatic N) is 2. The number of hydrogen-bond donors (Lipinski definition) is 3. The van der Waals surface area contributed by atoms with E-state index in [0.717, 1.165) is 25.7 Å². The number of hydrogen-bond acceptors (Lipinski definition) is 10. The summed E-state index contributed by atoms with van der Waals surface area (Å²) < 4.78 is 34.3. The topological polar surface area (TPSA) is 176 Å². The van der Waals surface area contributed by atoms with E-state index in [1.165, 1.54) is 15.3 Å². The van der Waals surface area contributed by atoms with Crippen molar-refractivity contribution in [2.45, 2.75) is 140 Å². The first-order valence-electron chi connectivity index (χ1n) is 17.3. The molecular weight excluding hydrogens is 652 g/mol. The third-order valence-electron chi connectivity index (χ3n) is 12.9. The Morgan fingerprint density at radius 1 is 0.796 bits per heavy atom. The maximum atomic E-state index is 12.5. The van der Waals surface area contributed by atoms with Gasteiger partial charge in [0.05, 0.1) is 13.2 Å². The van der Waals surface area contributed by atoms with Gasteiger partial charge in [0.2, 0.25) is 0 Å². The zero-order valence-corrected chi connectivity index (χ0v) is 30.9. The smallest absolute Gasteiger partial charge is 0.330 e. The van der Waals surface area contributed by atoms with E-state index in [-0.39, 0.29) is 33.6 Å². The third-order valence-corrected chi connectivity index (χ3v) is 17.3. The second-order valence-corrected chi connectivity index (χ2v) is 21.9. The molecule has 270 valence electrons. The molecule has 8 atom stereocenters. The predicted octanol–water partition coefficient (Wildman–Crippen LogP) is 2.37. The average Bonchev–Trinajstić information content (AvgIpc) is 3.84. The summed E-state index contributed by atoms with van der Waals surface area (Å²) in [6.45, 7) is 19.6. The molecule has 2 aromatic rings. The minimum Gasteiger partial charge on any atom is -0.408 e. The predicted molar refractivity (Wildman–Crippen MR) is 180 cm³/mol. The van der Waals surface area contributed by atoms with Crippen LogP contribution in [0.15, 0.2) is 31.6 Å². The molecule has 4 aliphatic heterocycles. The first-order chi connectivity index (χ1) is 22.7. The number of aryl methyl sites for hydroxylation is 2. The number of aromatic amines is 2. The summed E-state index contributed by atoms with van der Waals surface area (Å²) in [6, 6.07) is 0. The van der Waals surface area contributed by atoms with Crippen LogP contribution < -0.4 is 22.5 Å². The van der Waals surface area contributed by atoms with Crippen molar-refractivity contribution in [3.63, 3.8) is 0 Å². The van der Waals surface area contributed by atoms with Gasteiger partial charge < -0.3 is 28.5 Å². The van der Waals surface area contributed by atoms with Crippen LogP contribution >= 0.6 is 0 Å².